The van der Waals surface area contributed by atoms with Gasteiger partial charge in [0, 0.05) is 0 Å². The van der Waals surface area contributed by atoms with E-state index in [1.807, 2.05) is 0 Å². The molecular formula is CHMgNaO3. The van der Waals surface area contributed by atoms with Crippen LogP contribution in [0, 0.1) is 0 Å². The molecule has 0 bridgehead atoms. The Balaban J connectivity index is -0.0000000150. The molecule has 0 unspecified atom stereocenters. The molecule has 0 fully saturated rings. The van der Waals surface area contributed by atoms with Gasteiger partial charge < -0.3 is 16.4 Å². The van der Waals surface area contributed by atoms with Crippen LogP contribution < -0.4 is 39.8 Å². The van der Waals surface area contributed by atoms with E-state index >= 15 is 0 Å². The molecule has 0 amide bonds. The van der Waals surface area contributed by atoms with E-state index in [1.54, 1.807) is 0 Å². The van der Waals surface area contributed by atoms with Crippen molar-refractivity contribution < 1.29 is 46.0 Å². The zero-order valence-corrected chi connectivity index (χ0v) is 6.85. The number of hydrogen-bond acceptors (Lipinski definition) is 3. The third-order valence-corrected chi connectivity index (χ3v) is 0. The Morgan fingerprint density at radius 2 is 1.50 bits per heavy atom. The van der Waals surface area contributed by atoms with Gasteiger partial charge in [0.1, 0.15) is 0 Å². The SMILES string of the molecule is O=C([O-])[O-].[H-].[Mg+2].[Na+]. The average molecular weight is 108 g/mol. The Labute approximate surface area is 74.7 Å². The molecule has 0 atom stereocenters. The van der Waals surface area contributed by atoms with Gasteiger partial charge in [0.05, 0.1) is 0 Å². The molecule has 0 aliphatic rings. The summed E-state index contributed by atoms with van der Waals surface area (Å²) in [5.74, 6) is 0. The quantitative estimate of drug-likeness (QED) is 0.291. The summed E-state index contributed by atoms with van der Waals surface area (Å²) in [6.45, 7) is 0. The van der Waals surface area contributed by atoms with Crippen molar-refractivity contribution in [2.24, 2.45) is 0 Å². The second-order valence-electron chi connectivity index (χ2n) is 0.250. The van der Waals surface area contributed by atoms with E-state index in [9.17, 15) is 0 Å². The molecule has 0 rings (SSSR count). The van der Waals surface area contributed by atoms with Gasteiger partial charge >= 0.3 is 52.6 Å². The van der Waals surface area contributed by atoms with E-state index in [-0.39, 0.29) is 54.0 Å². The summed E-state index contributed by atoms with van der Waals surface area (Å²) in [5, 5.41) is 16.7. The van der Waals surface area contributed by atoms with E-state index in [0.717, 1.165) is 0 Å². The number of carboxylic acid groups (broad SMARTS) is 2. The van der Waals surface area contributed by atoms with Crippen molar-refractivity contribution in [2.45, 2.75) is 0 Å². The van der Waals surface area contributed by atoms with E-state index < -0.39 is 6.16 Å². The average Bonchev–Trinajstić information content (AvgIpc) is 0.811. The van der Waals surface area contributed by atoms with Crippen molar-refractivity contribution in [3.05, 3.63) is 0 Å². The van der Waals surface area contributed by atoms with Gasteiger partial charge in [-0.05, 0) is 6.16 Å². The zero-order valence-electron chi connectivity index (χ0n) is 4.43. The topological polar surface area (TPSA) is 63.2 Å². The van der Waals surface area contributed by atoms with Gasteiger partial charge in [0.15, 0.2) is 0 Å². The molecule has 26 valence electrons. The predicted molar refractivity (Wildman–Crippen MR) is 12.3 cm³/mol. The monoisotopic (exact) mass is 108 g/mol. The fraction of sp³-hybridized carbons (Fsp3) is 0. The molecule has 0 aromatic carbocycles. The summed E-state index contributed by atoms with van der Waals surface area (Å²) < 4.78 is 0. The summed E-state index contributed by atoms with van der Waals surface area (Å²) in [4.78, 5) is 8.33. The van der Waals surface area contributed by atoms with Crippen molar-refractivity contribution in [1.29, 1.82) is 0 Å². The van der Waals surface area contributed by atoms with Crippen LogP contribution in [0.4, 0.5) is 4.79 Å². The molecular weight excluding hydrogens is 107 g/mol. The van der Waals surface area contributed by atoms with Crippen LogP contribution in [0.2, 0.25) is 0 Å². The largest absolute Gasteiger partial charge is 2.00 e. The Bertz CT molecular complexity index is 37.9. The number of rotatable bonds is 0. The van der Waals surface area contributed by atoms with Crippen LogP contribution in [0.25, 0.3) is 0 Å². The van der Waals surface area contributed by atoms with E-state index in [4.69, 9.17) is 15.0 Å². The molecule has 5 heteroatoms. The number of hydrogen-bond donors (Lipinski definition) is 0. The minimum Gasteiger partial charge on any atom is -1.00 e. The summed E-state index contributed by atoms with van der Waals surface area (Å²) >= 11 is 0. The Hall–Kier alpha value is 1.04. The fourth-order valence-corrected chi connectivity index (χ4v) is 0. The first-order chi connectivity index (χ1) is 1.73. The third kappa shape index (κ3) is 76.4. The smallest absolute Gasteiger partial charge is 1.00 e. The first-order valence-corrected chi connectivity index (χ1v) is 0.612. The van der Waals surface area contributed by atoms with Crippen LogP contribution in [0.5, 0.6) is 0 Å². The molecule has 0 aliphatic heterocycles. The number of carbonyl (C=O) groups excluding carboxylic acids is 1. The van der Waals surface area contributed by atoms with Crippen molar-refractivity contribution >= 4 is 29.2 Å². The molecule has 0 saturated heterocycles. The van der Waals surface area contributed by atoms with Gasteiger partial charge in [0.25, 0.3) is 0 Å². The number of carbonyl (C=O) groups is 1. The van der Waals surface area contributed by atoms with Crippen LogP contribution in [0.1, 0.15) is 1.43 Å². The molecule has 0 aromatic heterocycles. The minimum absolute atomic E-state index is 0. The van der Waals surface area contributed by atoms with Gasteiger partial charge in [0.2, 0.25) is 0 Å². The first-order valence-electron chi connectivity index (χ1n) is 0.612. The van der Waals surface area contributed by atoms with Crippen LogP contribution in [0.3, 0.4) is 0 Å². The Kier molecular flexibility index (Phi) is 24.6. The standard InChI is InChI=1S/CH2O3.Mg.Na.H/c2-1(3)4;;;/h(H2,2,3,4);;;/q;+2;+1;-1/p-2. The molecule has 6 heavy (non-hydrogen) atoms. The Morgan fingerprint density at radius 3 is 1.50 bits per heavy atom. The van der Waals surface area contributed by atoms with E-state index in [1.165, 1.54) is 0 Å². The maximum Gasteiger partial charge on any atom is 2.00 e. The normalized spacial score (nSPS) is 4.00. The van der Waals surface area contributed by atoms with Gasteiger partial charge in [-0.25, -0.2) is 0 Å². The molecule has 0 radical (unpaired) electrons. The van der Waals surface area contributed by atoms with Crippen molar-refractivity contribution in [3.63, 3.8) is 0 Å². The molecule has 3 nitrogen and oxygen atoms in total. The second-order valence-corrected chi connectivity index (χ2v) is 0.250. The van der Waals surface area contributed by atoms with E-state index in [0.29, 0.717) is 0 Å². The van der Waals surface area contributed by atoms with Crippen LogP contribution in [-0.2, 0) is 0 Å². The third-order valence-electron chi connectivity index (χ3n) is 0. The second kappa shape index (κ2) is 9.40. The molecule has 0 saturated carbocycles. The Morgan fingerprint density at radius 1 is 1.50 bits per heavy atom. The summed E-state index contributed by atoms with van der Waals surface area (Å²) in [6.07, 6.45) is -2.33. The molecule has 0 aromatic rings. The van der Waals surface area contributed by atoms with Gasteiger partial charge in [-0.3, -0.25) is 0 Å². The minimum atomic E-state index is -2.33. The molecule has 0 N–H and O–H groups in total. The van der Waals surface area contributed by atoms with Crippen molar-refractivity contribution in [1.82, 2.24) is 0 Å². The summed E-state index contributed by atoms with van der Waals surface area (Å²) in [7, 11) is 0. The molecule has 0 aliphatic carbocycles. The van der Waals surface area contributed by atoms with Crippen molar-refractivity contribution in [3.8, 4) is 0 Å². The van der Waals surface area contributed by atoms with Crippen LogP contribution in [0.15, 0.2) is 0 Å². The van der Waals surface area contributed by atoms with Crippen LogP contribution in [-0.4, -0.2) is 29.2 Å². The van der Waals surface area contributed by atoms with Gasteiger partial charge in [-0.1, -0.05) is 0 Å². The van der Waals surface area contributed by atoms with Crippen LogP contribution >= 0.6 is 0 Å². The zero-order chi connectivity index (χ0) is 3.58. The molecule has 0 heterocycles. The summed E-state index contributed by atoms with van der Waals surface area (Å²) in [5.41, 5.74) is 0. The molecule has 0 spiro atoms. The maximum atomic E-state index is 8.33. The first kappa shape index (κ1) is 15.7. The predicted octanol–water partition coefficient (Wildman–Crippen LogP) is -5.71. The van der Waals surface area contributed by atoms with E-state index in [2.05, 4.69) is 0 Å². The maximum absolute atomic E-state index is 8.33. The van der Waals surface area contributed by atoms with Gasteiger partial charge in [-0.2, -0.15) is 0 Å². The van der Waals surface area contributed by atoms with Crippen molar-refractivity contribution in [2.75, 3.05) is 0 Å². The fourth-order valence-electron chi connectivity index (χ4n) is 0. The summed E-state index contributed by atoms with van der Waals surface area (Å²) in [6, 6.07) is 0. The van der Waals surface area contributed by atoms with Gasteiger partial charge in [-0.15, -0.1) is 0 Å².